The van der Waals surface area contributed by atoms with Crippen LogP contribution in [0.5, 0.6) is 0 Å². The highest BCUT2D eigenvalue weighted by Crippen LogP contribution is 2.20. The van der Waals surface area contributed by atoms with Crippen LogP contribution in [0.25, 0.3) is 0 Å². The molecule has 1 amide bonds. The molecular weight excluding hydrogens is 238 g/mol. The quantitative estimate of drug-likeness (QED) is 0.840. The zero-order valence-electron chi connectivity index (χ0n) is 11.8. The van der Waals surface area contributed by atoms with Crippen LogP contribution in [-0.2, 0) is 11.3 Å². The molecule has 0 aliphatic carbocycles. The predicted molar refractivity (Wildman–Crippen MR) is 77.5 cm³/mol. The third-order valence-corrected chi connectivity index (χ3v) is 3.73. The monoisotopic (exact) mass is 261 g/mol. The Morgan fingerprint density at radius 1 is 1.37 bits per heavy atom. The van der Waals surface area contributed by atoms with Crippen molar-refractivity contribution in [2.24, 2.45) is 5.92 Å². The van der Waals surface area contributed by atoms with Crippen molar-refractivity contribution in [3.63, 3.8) is 0 Å². The van der Waals surface area contributed by atoms with Crippen LogP contribution in [0.1, 0.15) is 18.4 Å². The van der Waals surface area contributed by atoms with Gasteiger partial charge in [-0.2, -0.15) is 0 Å². The summed E-state index contributed by atoms with van der Waals surface area (Å²) in [5, 5.41) is 0. The van der Waals surface area contributed by atoms with E-state index in [0.29, 0.717) is 0 Å². The number of benzene rings is 1. The van der Waals surface area contributed by atoms with E-state index in [-0.39, 0.29) is 11.8 Å². The van der Waals surface area contributed by atoms with E-state index < -0.39 is 0 Å². The van der Waals surface area contributed by atoms with Gasteiger partial charge in [-0.15, -0.1) is 0 Å². The van der Waals surface area contributed by atoms with Crippen LogP contribution in [0.3, 0.4) is 0 Å². The van der Waals surface area contributed by atoms with Gasteiger partial charge in [-0.3, -0.25) is 9.69 Å². The van der Waals surface area contributed by atoms with Crippen molar-refractivity contribution in [3.8, 4) is 0 Å². The van der Waals surface area contributed by atoms with Crippen LogP contribution in [-0.4, -0.2) is 42.9 Å². The average Bonchev–Trinajstić information content (AvgIpc) is 2.39. The molecule has 1 aromatic carbocycles. The first-order valence-corrected chi connectivity index (χ1v) is 6.84. The summed E-state index contributed by atoms with van der Waals surface area (Å²) in [6, 6.07) is 8.03. The van der Waals surface area contributed by atoms with Gasteiger partial charge in [-0.1, -0.05) is 12.1 Å². The SMILES string of the molecule is CN(C)C(=O)C1CCN(Cc2cccc(N)c2)CC1. The molecule has 2 rings (SSSR count). The summed E-state index contributed by atoms with van der Waals surface area (Å²) in [6.45, 7) is 2.89. The van der Waals surface area contributed by atoms with Gasteiger partial charge in [0.2, 0.25) is 5.91 Å². The topological polar surface area (TPSA) is 49.6 Å². The van der Waals surface area contributed by atoms with E-state index in [0.717, 1.165) is 38.2 Å². The lowest BCUT2D eigenvalue weighted by Gasteiger charge is -2.32. The fourth-order valence-corrected chi connectivity index (χ4v) is 2.65. The van der Waals surface area contributed by atoms with Crippen molar-refractivity contribution in [1.82, 2.24) is 9.80 Å². The minimum Gasteiger partial charge on any atom is -0.399 e. The van der Waals surface area contributed by atoms with Crippen molar-refractivity contribution < 1.29 is 4.79 Å². The molecule has 1 aliphatic heterocycles. The molecular formula is C15H23N3O. The van der Waals surface area contributed by atoms with E-state index in [1.165, 1.54) is 5.56 Å². The molecule has 0 aromatic heterocycles. The summed E-state index contributed by atoms with van der Waals surface area (Å²) in [6.07, 6.45) is 1.92. The molecule has 19 heavy (non-hydrogen) atoms. The number of amides is 1. The number of hydrogen-bond donors (Lipinski definition) is 1. The summed E-state index contributed by atoms with van der Waals surface area (Å²) in [5.41, 5.74) is 7.85. The van der Waals surface area contributed by atoms with Gasteiger partial charge < -0.3 is 10.6 Å². The van der Waals surface area contributed by atoms with Gasteiger partial charge in [-0.05, 0) is 43.6 Å². The molecule has 0 spiro atoms. The Labute approximate surface area is 115 Å². The summed E-state index contributed by atoms with van der Waals surface area (Å²) in [4.78, 5) is 16.0. The van der Waals surface area contributed by atoms with Gasteiger partial charge in [-0.25, -0.2) is 0 Å². The third-order valence-electron chi connectivity index (χ3n) is 3.73. The fraction of sp³-hybridized carbons (Fsp3) is 0.533. The number of nitrogens with zero attached hydrogens (tertiary/aromatic N) is 2. The lowest BCUT2D eigenvalue weighted by Crippen LogP contribution is -2.39. The molecule has 0 atom stereocenters. The summed E-state index contributed by atoms with van der Waals surface area (Å²) in [5.74, 6) is 0.468. The zero-order valence-corrected chi connectivity index (χ0v) is 11.8. The highest BCUT2D eigenvalue weighted by Gasteiger charge is 2.25. The number of rotatable bonds is 3. The molecule has 1 saturated heterocycles. The Morgan fingerprint density at radius 2 is 2.05 bits per heavy atom. The fourth-order valence-electron chi connectivity index (χ4n) is 2.65. The second kappa shape index (κ2) is 6.06. The first kappa shape index (κ1) is 13.9. The van der Waals surface area contributed by atoms with Crippen molar-refractivity contribution in [2.75, 3.05) is 32.9 Å². The number of piperidine rings is 1. The lowest BCUT2D eigenvalue weighted by molar-refractivity contribution is -0.134. The number of carbonyl (C=O) groups is 1. The standard InChI is InChI=1S/C15H23N3O/c1-17(2)15(19)13-6-8-18(9-7-13)11-12-4-3-5-14(16)10-12/h3-5,10,13H,6-9,11,16H2,1-2H3. The van der Waals surface area contributed by atoms with Gasteiger partial charge in [0.05, 0.1) is 0 Å². The Bertz CT molecular complexity index is 437. The van der Waals surface area contributed by atoms with Gasteiger partial charge in [0.25, 0.3) is 0 Å². The van der Waals surface area contributed by atoms with Crippen LogP contribution in [0.2, 0.25) is 0 Å². The van der Waals surface area contributed by atoms with E-state index in [1.54, 1.807) is 4.90 Å². The minimum atomic E-state index is 0.201. The minimum absolute atomic E-state index is 0.201. The van der Waals surface area contributed by atoms with E-state index in [9.17, 15) is 4.79 Å². The van der Waals surface area contributed by atoms with Crippen molar-refractivity contribution >= 4 is 11.6 Å². The Hall–Kier alpha value is -1.55. The molecule has 104 valence electrons. The number of likely N-dealkylation sites (tertiary alicyclic amines) is 1. The number of nitrogens with two attached hydrogens (primary N) is 1. The molecule has 1 aliphatic rings. The summed E-state index contributed by atoms with van der Waals surface area (Å²) >= 11 is 0. The average molecular weight is 261 g/mol. The molecule has 0 radical (unpaired) electrons. The number of carbonyl (C=O) groups excluding carboxylic acids is 1. The van der Waals surface area contributed by atoms with E-state index in [4.69, 9.17) is 5.73 Å². The molecule has 4 nitrogen and oxygen atoms in total. The number of nitrogen functional groups attached to an aromatic ring is 1. The molecule has 1 aromatic rings. The number of anilines is 1. The Kier molecular flexibility index (Phi) is 4.43. The molecule has 0 bridgehead atoms. The van der Waals surface area contributed by atoms with Crippen molar-refractivity contribution in [2.45, 2.75) is 19.4 Å². The number of hydrogen-bond acceptors (Lipinski definition) is 3. The smallest absolute Gasteiger partial charge is 0.225 e. The zero-order chi connectivity index (χ0) is 13.8. The Morgan fingerprint density at radius 3 is 2.63 bits per heavy atom. The van der Waals surface area contributed by atoms with Crippen molar-refractivity contribution in [3.05, 3.63) is 29.8 Å². The van der Waals surface area contributed by atoms with Crippen LogP contribution < -0.4 is 5.73 Å². The van der Waals surface area contributed by atoms with Crippen LogP contribution in [0.15, 0.2) is 24.3 Å². The predicted octanol–water partition coefficient (Wildman–Crippen LogP) is 1.57. The molecule has 2 N–H and O–H groups in total. The van der Waals surface area contributed by atoms with E-state index >= 15 is 0 Å². The van der Waals surface area contributed by atoms with Crippen LogP contribution in [0, 0.1) is 5.92 Å². The molecule has 4 heteroatoms. The van der Waals surface area contributed by atoms with Gasteiger partial charge in [0.15, 0.2) is 0 Å². The molecule has 0 unspecified atom stereocenters. The second-order valence-electron chi connectivity index (χ2n) is 5.53. The first-order valence-electron chi connectivity index (χ1n) is 6.84. The summed E-state index contributed by atoms with van der Waals surface area (Å²) in [7, 11) is 3.67. The normalized spacial score (nSPS) is 17.4. The van der Waals surface area contributed by atoms with Crippen molar-refractivity contribution in [1.29, 1.82) is 0 Å². The highest BCUT2D eigenvalue weighted by atomic mass is 16.2. The largest absolute Gasteiger partial charge is 0.399 e. The highest BCUT2D eigenvalue weighted by molar-refractivity contribution is 5.78. The van der Waals surface area contributed by atoms with Crippen LogP contribution in [0.4, 0.5) is 5.69 Å². The maximum absolute atomic E-state index is 11.9. The molecule has 0 saturated carbocycles. The van der Waals surface area contributed by atoms with Gasteiger partial charge >= 0.3 is 0 Å². The second-order valence-corrected chi connectivity index (χ2v) is 5.53. The third kappa shape index (κ3) is 3.70. The van der Waals surface area contributed by atoms with Gasteiger partial charge in [0, 0.05) is 32.2 Å². The Balaban J connectivity index is 1.85. The maximum Gasteiger partial charge on any atom is 0.225 e. The molecule has 1 fully saturated rings. The lowest BCUT2D eigenvalue weighted by atomic mass is 9.95. The van der Waals surface area contributed by atoms with E-state index in [1.807, 2.05) is 32.3 Å². The maximum atomic E-state index is 11.9. The molecule has 1 heterocycles. The van der Waals surface area contributed by atoms with Crippen LogP contribution >= 0.6 is 0 Å². The van der Waals surface area contributed by atoms with Gasteiger partial charge in [0.1, 0.15) is 0 Å². The van der Waals surface area contributed by atoms with E-state index in [2.05, 4.69) is 11.0 Å². The summed E-state index contributed by atoms with van der Waals surface area (Å²) < 4.78 is 0. The first-order chi connectivity index (χ1) is 9.06.